The number of hydrogen-bond donors (Lipinski definition) is 1. The minimum absolute atomic E-state index is 0.124. The fourth-order valence-electron chi connectivity index (χ4n) is 3.19. The van der Waals surface area contributed by atoms with Crippen LogP contribution in [-0.2, 0) is 10.0 Å². The topological polar surface area (TPSA) is 67.9 Å². The van der Waals surface area contributed by atoms with E-state index in [2.05, 4.69) is 21.8 Å². The van der Waals surface area contributed by atoms with E-state index < -0.39 is 10.0 Å². The molecule has 0 saturated carbocycles. The van der Waals surface area contributed by atoms with Crippen molar-refractivity contribution in [2.24, 2.45) is 0 Å². The molecule has 2 heterocycles. The number of rotatable bonds is 6. The molecule has 7 heteroatoms. The van der Waals surface area contributed by atoms with Crippen molar-refractivity contribution in [3.8, 4) is 11.5 Å². The van der Waals surface area contributed by atoms with Crippen molar-refractivity contribution in [1.82, 2.24) is 9.62 Å². The van der Waals surface area contributed by atoms with E-state index in [1.807, 2.05) is 6.07 Å². The van der Waals surface area contributed by atoms with Crippen molar-refractivity contribution in [2.45, 2.75) is 25.8 Å². The Hall–Kier alpha value is -1.31. The molecule has 1 atom stereocenters. The lowest BCUT2D eigenvalue weighted by Crippen LogP contribution is -2.35. The largest absolute Gasteiger partial charge is 0.486 e. The fraction of sp³-hybridized carbons (Fsp3) is 0.625. The van der Waals surface area contributed by atoms with Crippen LogP contribution in [0.1, 0.15) is 31.4 Å². The lowest BCUT2D eigenvalue weighted by atomic mass is 10.0. The Kier molecular flexibility index (Phi) is 5.08. The van der Waals surface area contributed by atoms with Gasteiger partial charge in [0, 0.05) is 19.1 Å². The summed E-state index contributed by atoms with van der Waals surface area (Å²) in [5, 5.41) is 0. The second-order valence-electron chi connectivity index (χ2n) is 5.89. The van der Waals surface area contributed by atoms with E-state index in [4.69, 9.17) is 9.47 Å². The molecule has 0 spiro atoms. The maximum Gasteiger partial charge on any atom is 0.211 e. The number of likely N-dealkylation sites (tertiary alicyclic amines) is 1. The molecule has 1 N–H and O–H groups in total. The highest BCUT2D eigenvalue weighted by Crippen LogP contribution is 2.37. The molecule has 0 radical (unpaired) electrons. The summed E-state index contributed by atoms with van der Waals surface area (Å²) >= 11 is 0. The van der Waals surface area contributed by atoms with Gasteiger partial charge in [-0.15, -0.1) is 0 Å². The van der Waals surface area contributed by atoms with E-state index in [0.717, 1.165) is 37.4 Å². The predicted octanol–water partition coefficient (Wildman–Crippen LogP) is 1.53. The average Bonchev–Trinajstić information content (AvgIpc) is 3.03. The van der Waals surface area contributed by atoms with Crippen LogP contribution in [0.3, 0.4) is 0 Å². The van der Waals surface area contributed by atoms with Crippen LogP contribution in [-0.4, -0.2) is 51.9 Å². The molecule has 1 aromatic rings. The van der Waals surface area contributed by atoms with Gasteiger partial charge < -0.3 is 9.47 Å². The first kappa shape index (κ1) is 16.5. The highest BCUT2D eigenvalue weighted by Gasteiger charge is 2.27. The second-order valence-corrected chi connectivity index (χ2v) is 7.99. The van der Waals surface area contributed by atoms with Crippen LogP contribution < -0.4 is 14.2 Å². The SMILES string of the molecule is CCS(=O)(=O)NCCN1CCCC1c1ccc2c(c1)OCCO2. The number of nitrogens with zero attached hydrogens (tertiary/aromatic N) is 1. The van der Waals surface area contributed by atoms with Crippen molar-refractivity contribution in [3.63, 3.8) is 0 Å². The molecule has 0 aliphatic carbocycles. The Morgan fingerprint density at radius 2 is 2.04 bits per heavy atom. The third kappa shape index (κ3) is 3.97. The summed E-state index contributed by atoms with van der Waals surface area (Å²) in [6, 6.07) is 6.44. The summed E-state index contributed by atoms with van der Waals surface area (Å²) in [7, 11) is -3.12. The Labute approximate surface area is 137 Å². The van der Waals surface area contributed by atoms with Crippen molar-refractivity contribution in [3.05, 3.63) is 23.8 Å². The first-order chi connectivity index (χ1) is 11.1. The number of ether oxygens (including phenoxy) is 2. The number of benzene rings is 1. The predicted molar refractivity (Wildman–Crippen MR) is 88.4 cm³/mol. The van der Waals surface area contributed by atoms with Crippen molar-refractivity contribution in [2.75, 3.05) is 38.6 Å². The van der Waals surface area contributed by atoms with Crippen LogP contribution in [0.4, 0.5) is 0 Å². The molecule has 1 aromatic carbocycles. The van der Waals surface area contributed by atoms with Gasteiger partial charge in [-0.1, -0.05) is 6.07 Å². The molecular weight excluding hydrogens is 316 g/mol. The minimum Gasteiger partial charge on any atom is -0.486 e. The molecule has 1 saturated heterocycles. The van der Waals surface area contributed by atoms with Crippen molar-refractivity contribution < 1.29 is 17.9 Å². The zero-order valence-corrected chi connectivity index (χ0v) is 14.3. The third-order valence-corrected chi connectivity index (χ3v) is 5.82. The molecule has 6 nitrogen and oxygen atoms in total. The number of sulfonamides is 1. The van der Waals surface area contributed by atoms with Gasteiger partial charge in [0.1, 0.15) is 13.2 Å². The summed E-state index contributed by atoms with van der Waals surface area (Å²) in [5.41, 5.74) is 1.21. The van der Waals surface area contributed by atoms with Crippen LogP contribution in [0.5, 0.6) is 11.5 Å². The Balaban J connectivity index is 1.64. The summed E-state index contributed by atoms with van der Waals surface area (Å²) in [6.45, 7) is 5.00. The monoisotopic (exact) mass is 340 g/mol. The highest BCUT2D eigenvalue weighted by molar-refractivity contribution is 7.89. The van der Waals surface area contributed by atoms with Crippen LogP contribution in [0, 0.1) is 0 Å². The second kappa shape index (κ2) is 7.07. The van der Waals surface area contributed by atoms with E-state index in [0.29, 0.717) is 25.8 Å². The fourth-order valence-corrected chi connectivity index (χ4v) is 3.79. The van der Waals surface area contributed by atoms with Gasteiger partial charge in [-0.3, -0.25) is 4.90 Å². The molecule has 2 aliphatic heterocycles. The van der Waals surface area contributed by atoms with Gasteiger partial charge in [-0.05, 0) is 44.0 Å². The van der Waals surface area contributed by atoms with Gasteiger partial charge in [-0.2, -0.15) is 0 Å². The first-order valence-corrected chi connectivity index (χ1v) is 9.85. The van der Waals surface area contributed by atoms with Gasteiger partial charge in [0.15, 0.2) is 11.5 Å². The maximum atomic E-state index is 11.5. The molecule has 3 rings (SSSR count). The minimum atomic E-state index is -3.12. The van der Waals surface area contributed by atoms with E-state index in [1.165, 1.54) is 5.56 Å². The lowest BCUT2D eigenvalue weighted by molar-refractivity contribution is 0.170. The summed E-state index contributed by atoms with van der Waals surface area (Å²) in [5.74, 6) is 1.74. The van der Waals surface area contributed by atoms with E-state index in [-0.39, 0.29) is 5.75 Å². The third-order valence-electron chi connectivity index (χ3n) is 4.42. The molecule has 0 aromatic heterocycles. The standard InChI is InChI=1S/C16H24N2O4S/c1-2-23(19,20)17-7-9-18-8-3-4-14(18)13-5-6-15-16(12-13)22-11-10-21-15/h5-6,12,14,17H,2-4,7-11H2,1H3. The smallest absolute Gasteiger partial charge is 0.211 e. The van der Waals surface area contributed by atoms with Crippen molar-refractivity contribution >= 4 is 10.0 Å². The summed E-state index contributed by atoms with van der Waals surface area (Å²) in [6.07, 6.45) is 2.21. The molecule has 23 heavy (non-hydrogen) atoms. The number of hydrogen-bond acceptors (Lipinski definition) is 5. The van der Waals surface area contributed by atoms with Crippen LogP contribution >= 0.6 is 0 Å². The molecule has 2 aliphatic rings. The molecule has 0 amide bonds. The Morgan fingerprint density at radius 1 is 1.26 bits per heavy atom. The van der Waals surface area contributed by atoms with Crippen LogP contribution in [0.2, 0.25) is 0 Å². The lowest BCUT2D eigenvalue weighted by Gasteiger charge is -2.26. The van der Waals surface area contributed by atoms with E-state index in [9.17, 15) is 8.42 Å². The Morgan fingerprint density at radius 3 is 2.83 bits per heavy atom. The van der Waals surface area contributed by atoms with Crippen LogP contribution in [0.15, 0.2) is 18.2 Å². The Bertz CT molecular complexity index is 647. The first-order valence-electron chi connectivity index (χ1n) is 8.20. The molecule has 0 bridgehead atoms. The van der Waals surface area contributed by atoms with Crippen LogP contribution in [0.25, 0.3) is 0 Å². The number of nitrogens with one attached hydrogen (secondary N) is 1. The van der Waals surface area contributed by atoms with Gasteiger partial charge >= 0.3 is 0 Å². The summed E-state index contributed by atoms with van der Waals surface area (Å²) in [4.78, 5) is 2.34. The van der Waals surface area contributed by atoms with Gasteiger partial charge in [0.2, 0.25) is 10.0 Å². The maximum absolute atomic E-state index is 11.5. The molecule has 1 unspecified atom stereocenters. The normalized spacial score (nSPS) is 21.5. The molecule has 128 valence electrons. The summed E-state index contributed by atoms with van der Waals surface area (Å²) < 4.78 is 36.9. The highest BCUT2D eigenvalue weighted by atomic mass is 32.2. The average molecular weight is 340 g/mol. The molecule has 1 fully saturated rings. The van der Waals surface area contributed by atoms with Gasteiger partial charge in [0.25, 0.3) is 0 Å². The van der Waals surface area contributed by atoms with Gasteiger partial charge in [-0.25, -0.2) is 13.1 Å². The zero-order chi connectivity index (χ0) is 16.3. The van der Waals surface area contributed by atoms with Crippen molar-refractivity contribution in [1.29, 1.82) is 0 Å². The van der Waals surface area contributed by atoms with E-state index in [1.54, 1.807) is 6.92 Å². The zero-order valence-electron chi connectivity index (χ0n) is 13.5. The number of fused-ring (bicyclic) bond motifs is 1. The quantitative estimate of drug-likeness (QED) is 0.851. The molecular formula is C16H24N2O4S. The van der Waals surface area contributed by atoms with Gasteiger partial charge in [0.05, 0.1) is 5.75 Å². The van der Waals surface area contributed by atoms with E-state index >= 15 is 0 Å².